The number of anilines is 1. The number of nitrogens with two attached hydrogens (primary N) is 1. The molecular weight excluding hydrogens is 214 g/mol. The van der Waals surface area contributed by atoms with Crippen LogP contribution in [0.1, 0.15) is 24.0 Å². The van der Waals surface area contributed by atoms with E-state index >= 15 is 0 Å². The van der Waals surface area contributed by atoms with Crippen molar-refractivity contribution in [2.45, 2.75) is 25.7 Å². The second-order valence-corrected chi connectivity index (χ2v) is 4.23. The van der Waals surface area contributed by atoms with Gasteiger partial charge in [-0.05, 0) is 48.9 Å². The van der Waals surface area contributed by atoms with Crippen LogP contribution in [-0.2, 0) is 12.8 Å². The van der Waals surface area contributed by atoms with Crippen molar-refractivity contribution in [3.63, 3.8) is 0 Å². The first-order valence-electron chi connectivity index (χ1n) is 5.73. The van der Waals surface area contributed by atoms with Gasteiger partial charge in [-0.15, -0.1) is 0 Å². The van der Waals surface area contributed by atoms with E-state index in [-0.39, 0.29) is 11.9 Å². The summed E-state index contributed by atoms with van der Waals surface area (Å²) in [5.74, 6) is -0.214. The molecule has 0 saturated carbocycles. The van der Waals surface area contributed by atoms with E-state index in [1.54, 1.807) is 0 Å². The van der Waals surface area contributed by atoms with Gasteiger partial charge < -0.3 is 11.1 Å². The highest BCUT2D eigenvalue weighted by molar-refractivity contribution is 6.02. The van der Waals surface area contributed by atoms with Gasteiger partial charge >= 0.3 is 0 Å². The van der Waals surface area contributed by atoms with Crippen molar-refractivity contribution in [1.29, 1.82) is 10.8 Å². The Morgan fingerprint density at radius 1 is 1.12 bits per heavy atom. The highest BCUT2D eigenvalue weighted by atomic mass is 15.2. The van der Waals surface area contributed by atoms with Gasteiger partial charge in [0, 0.05) is 5.69 Å². The molecule has 1 aliphatic rings. The number of benzene rings is 1. The molecule has 90 valence electrons. The first kappa shape index (κ1) is 11.4. The molecule has 0 aliphatic heterocycles. The van der Waals surface area contributed by atoms with Crippen LogP contribution in [0.2, 0.25) is 0 Å². The summed E-state index contributed by atoms with van der Waals surface area (Å²) in [6.45, 7) is 0. The molecule has 0 bridgehead atoms. The molecule has 1 aromatic carbocycles. The molecule has 6 N–H and O–H groups in total. The molecule has 0 unspecified atom stereocenters. The molecule has 17 heavy (non-hydrogen) atoms. The molecule has 0 atom stereocenters. The smallest absolute Gasteiger partial charge is 0.199 e. The van der Waals surface area contributed by atoms with Crippen LogP contribution in [0, 0.1) is 10.8 Å². The fraction of sp³-hybridized carbons (Fsp3) is 0.333. The summed E-state index contributed by atoms with van der Waals surface area (Å²) in [4.78, 5) is 0. The van der Waals surface area contributed by atoms with Crippen molar-refractivity contribution >= 4 is 17.6 Å². The van der Waals surface area contributed by atoms with E-state index in [0.29, 0.717) is 0 Å². The standard InChI is InChI=1S/C12H17N5/c13-11(14)17-12(15)16-10-6-5-8-3-1-2-4-9(8)7-10/h5-7H,1-4H2,(H6,13,14,15,16,17). The maximum atomic E-state index is 7.55. The van der Waals surface area contributed by atoms with E-state index in [1.807, 2.05) is 6.07 Å². The van der Waals surface area contributed by atoms with Crippen molar-refractivity contribution in [3.05, 3.63) is 29.3 Å². The van der Waals surface area contributed by atoms with Crippen LogP contribution < -0.4 is 16.4 Å². The summed E-state index contributed by atoms with van der Waals surface area (Å²) in [5, 5.41) is 19.9. The maximum Gasteiger partial charge on any atom is 0.199 e. The Morgan fingerprint density at radius 2 is 1.82 bits per heavy atom. The van der Waals surface area contributed by atoms with Crippen LogP contribution >= 0.6 is 0 Å². The first-order valence-corrected chi connectivity index (χ1v) is 5.73. The van der Waals surface area contributed by atoms with Crippen LogP contribution in [0.15, 0.2) is 18.2 Å². The zero-order valence-electron chi connectivity index (χ0n) is 9.64. The minimum Gasteiger partial charge on any atom is -0.370 e. The Bertz CT molecular complexity index is 452. The number of guanidine groups is 2. The van der Waals surface area contributed by atoms with Crippen LogP contribution in [-0.4, -0.2) is 11.9 Å². The summed E-state index contributed by atoms with van der Waals surface area (Å²) in [6, 6.07) is 6.14. The number of hydrogen-bond acceptors (Lipinski definition) is 2. The Labute approximate surface area is 100 Å². The van der Waals surface area contributed by atoms with Gasteiger partial charge in [0.15, 0.2) is 11.9 Å². The van der Waals surface area contributed by atoms with Crippen molar-refractivity contribution in [2.24, 2.45) is 5.73 Å². The molecule has 0 radical (unpaired) electrons. The van der Waals surface area contributed by atoms with Gasteiger partial charge in [-0.1, -0.05) is 6.07 Å². The highest BCUT2D eigenvalue weighted by Gasteiger charge is 2.09. The zero-order valence-corrected chi connectivity index (χ0v) is 9.64. The predicted octanol–water partition coefficient (Wildman–Crippen LogP) is 1.40. The van der Waals surface area contributed by atoms with E-state index < -0.39 is 0 Å². The van der Waals surface area contributed by atoms with Crippen LogP contribution in [0.3, 0.4) is 0 Å². The van der Waals surface area contributed by atoms with Crippen molar-refractivity contribution in [3.8, 4) is 0 Å². The van der Waals surface area contributed by atoms with Crippen molar-refractivity contribution in [1.82, 2.24) is 5.32 Å². The lowest BCUT2D eigenvalue weighted by atomic mass is 9.91. The molecule has 2 rings (SSSR count). The quantitative estimate of drug-likeness (QED) is 0.373. The average molecular weight is 231 g/mol. The summed E-state index contributed by atoms with van der Waals surface area (Å²) < 4.78 is 0. The molecule has 1 aromatic rings. The zero-order chi connectivity index (χ0) is 12.3. The predicted molar refractivity (Wildman–Crippen MR) is 69.5 cm³/mol. The molecule has 0 fully saturated rings. The number of hydrogen-bond donors (Lipinski definition) is 5. The molecule has 0 aromatic heterocycles. The third kappa shape index (κ3) is 2.96. The molecule has 0 heterocycles. The van der Waals surface area contributed by atoms with E-state index in [2.05, 4.69) is 22.8 Å². The largest absolute Gasteiger partial charge is 0.370 e. The molecule has 5 nitrogen and oxygen atoms in total. The Balaban J connectivity index is 2.07. The van der Waals surface area contributed by atoms with Crippen LogP contribution in [0.4, 0.5) is 5.69 Å². The van der Waals surface area contributed by atoms with Gasteiger partial charge in [-0.3, -0.25) is 16.1 Å². The Kier molecular flexibility index (Phi) is 3.27. The lowest BCUT2D eigenvalue weighted by molar-refractivity contribution is 0.686. The van der Waals surface area contributed by atoms with E-state index in [1.165, 1.54) is 24.0 Å². The molecule has 0 saturated heterocycles. The second kappa shape index (κ2) is 4.86. The highest BCUT2D eigenvalue weighted by Crippen LogP contribution is 2.24. The molecule has 5 heteroatoms. The van der Waals surface area contributed by atoms with Gasteiger partial charge in [-0.2, -0.15) is 0 Å². The molecule has 0 spiro atoms. The topological polar surface area (TPSA) is 97.8 Å². The minimum absolute atomic E-state index is 0.0215. The van der Waals surface area contributed by atoms with Crippen LogP contribution in [0.25, 0.3) is 0 Å². The third-order valence-corrected chi connectivity index (χ3v) is 2.88. The number of fused-ring (bicyclic) bond motifs is 1. The van der Waals surface area contributed by atoms with Gasteiger partial charge in [0.25, 0.3) is 0 Å². The van der Waals surface area contributed by atoms with E-state index in [9.17, 15) is 0 Å². The molecular formula is C12H17N5. The SMILES string of the molecule is N=C(N)NC(=N)Nc1ccc2c(c1)CCCC2. The van der Waals surface area contributed by atoms with E-state index in [4.69, 9.17) is 16.6 Å². The summed E-state index contributed by atoms with van der Waals surface area (Å²) in [5.41, 5.74) is 8.78. The Morgan fingerprint density at radius 3 is 2.53 bits per heavy atom. The average Bonchev–Trinajstić information content (AvgIpc) is 2.27. The summed E-state index contributed by atoms with van der Waals surface area (Å²) in [7, 11) is 0. The first-order chi connectivity index (χ1) is 8.15. The minimum atomic E-state index is -0.236. The summed E-state index contributed by atoms with van der Waals surface area (Å²) >= 11 is 0. The van der Waals surface area contributed by atoms with Gasteiger partial charge in [-0.25, -0.2) is 0 Å². The lowest BCUT2D eigenvalue weighted by Gasteiger charge is -2.17. The van der Waals surface area contributed by atoms with Gasteiger partial charge in [0.2, 0.25) is 0 Å². The Hall–Kier alpha value is -2.04. The fourth-order valence-electron chi connectivity index (χ4n) is 2.12. The van der Waals surface area contributed by atoms with Crippen LogP contribution in [0.5, 0.6) is 0 Å². The number of nitrogens with one attached hydrogen (secondary N) is 4. The monoisotopic (exact) mass is 231 g/mol. The molecule has 1 aliphatic carbocycles. The third-order valence-electron chi connectivity index (χ3n) is 2.88. The summed E-state index contributed by atoms with van der Waals surface area (Å²) in [6.07, 6.45) is 4.76. The van der Waals surface area contributed by atoms with Crippen molar-refractivity contribution in [2.75, 3.05) is 5.32 Å². The fourth-order valence-corrected chi connectivity index (χ4v) is 2.12. The van der Waals surface area contributed by atoms with Crippen molar-refractivity contribution < 1.29 is 0 Å². The normalized spacial score (nSPS) is 13.6. The maximum absolute atomic E-state index is 7.55. The van der Waals surface area contributed by atoms with Gasteiger partial charge in [0.05, 0.1) is 0 Å². The second-order valence-electron chi connectivity index (χ2n) is 4.23. The lowest BCUT2D eigenvalue weighted by Crippen LogP contribution is -2.39. The van der Waals surface area contributed by atoms with E-state index in [0.717, 1.165) is 18.5 Å². The number of rotatable bonds is 1. The molecule has 0 amide bonds. The number of aryl methyl sites for hydroxylation is 2. The van der Waals surface area contributed by atoms with Gasteiger partial charge in [0.1, 0.15) is 0 Å².